The van der Waals surface area contributed by atoms with Gasteiger partial charge in [0.2, 0.25) is 0 Å². The number of hydrogen-bond donors (Lipinski definition) is 2. The summed E-state index contributed by atoms with van der Waals surface area (Å²) >= 11 is 0. The van der Waals surface area contributed by atoms with Crippen molar-refractivity contribution in [3.8, 4) is 5.75 Å². The van der Waals surface area contributed by atoms with Gasteiger partial charge in [-0.05, 0) is 97.9 Å². The molecule has 0 saturated heterocycles. The Morgan fingerprint density at radius 2 is 1.63 bits per heavy atom. The van der Waals surface area contributed by atoms with Gasteiger partial charge in [0.05, 0.1) is 6.10 Å². The van der Waals surface area contributed by atoms with E-state index in [0.29, 0.717) is 11.7 Å². The van der Waals surface area contributed by atoms with Crippen molar-refractivity contribution in [3.63, 3.8) is 0 Å². The highest BCUT2D eigenvalue weighted by atomic mass is 16.3. The third kappa shape index (κ3) is 4.55. The highest BCUT2D eigenvalue weighted by Gasteiger charge is 2.27. The van der Waals surface area contributed by atoms with Crippen LogP contribution in [0.4, 0.5) is 0 Å². The summed E-state index contributed by atoms with van der Waals surface area (Å²) < 4.78 is 0. The second-order valence-electron chi connectivity index (χ2n) is 8.76. The molecule has 2 atom stereocenters. The number of aryl methyl sites for hydroxylation is 1. The van der Waals surface area contributed by atoms with Crippen molar-refractivity contribution in [1.82, 2.24) is 0 Å². The van der Waals surface area contributed by atoms with E-state index in [1.165, 1.54) is 44.1 Å². The summed E-state index contributed by atoms with van der Waals surface area (Å²) in [5, 5.41) is 20.5. The Bertz CT molecular complexity index is 731. The molecule has 0 spiro atoms. The summed E-state index contributed by atoms with van der Waals surface area (Å²) in [5.74, 6) is 2.50. The van der Waals surface area contributed by atoms with Crippen LogP contribution in [0.2, 0.25) is 0 Å². The molecule has 4 rings (SSSR count). The van der Waals surface area contributed by atoms with Crippen LogP contribution in [0.25, 0.3) is 0 Å². The van der Waals surface area contributed by atoms with Crippen LogP contribution in [-0.2, 0) is 6.42 Å². The first-order valence-electron chi connectivity index (χ1n) is 10.7. The molecule has 0 aromatic heterocycles. The normalized spacial score (nSPS) is 28.8. The lowest BCUT2D eigenvalue weighted by Crippen LogP contribution is -2.19. The number of fused-ring (bicyclic) bond motifs is 1. The Kier molecular flexibility index (Phi) is 5.83. The van der Waals surface area contributed by atoms with Crippen molar-refractivity contribution in [3.05, 3.63) is 65.2 Å². The minimum absolute atomic E-state index is 0.313. The minimum atomic E-state index is -0.383. The summed E-state index contributed by atoms with van der Waals surface area (Å²) in [6.45, 7) is 0. The molecule has 0 heterocycles. The van der Waals surface area contributed by atoms with Gasteiger partial charge in [0.25, 0.3) is 0 Å². The zero-order chi connectivity index (χ0) is 18.6. The number of benzene rings is 2. The van der Waals surface area contributed by atoms with Crippen LogP contribution < -0.4 is 0 Å². The monoisotopic (exact) mass is 364 g/mol. The number of aliphatic hydroxyl groups is 1. The average Bonchev–Trinajstić information content (AvgIpc) is 2.68. The van der Waals surface area contributed by atoms with E-state index in [9.17, 15) is 10.2 Å². The fourth-order valence-electron chi connectivity index (χ4n) is 5.42. The summed E-state index contributed by atoms with van der Waals surface area (Å²) in [7, 11) is 0. The molecule has 2 aliphatic rings. The molecule has 2 unspecified atom stereocenters. The maximum absolute atomic E-state index is 10.8. The van der Waals surface area contributed by atoms with E-state index < -0.39 is 0 Å². The molecule has 1 fully saturated rings. The standard InChI is InChI=1S/C25H32O2/c26-23-13-14-24-22(17-23)8-4-5-19(16-25(24)27)15-18-9-11-21(12-10-18)20-6-2-1-3-7-20/h1-3,6-7,13-14,17-19,21,25-27H,4-5,8-12,15-16H2. The van der Waals surface area contributed by atoms with Gasteiger partial charge < -0.3 is 10.2 Å². The summed E-state index contributed by atoms with van der Waals surface area (Å²) in [4.78, 5) is 0. The van der Waals surface area contributed by atoms with Gasteiger partial charge in [-0.25, -0.2) is 0 Å². The number of phenolic OH excluding ortho intramolecular Hbond substituents is 1. The minimum Gasteiger partial charge on any atom is -0.508 e. The van der Waals surface area contributed by atoms with Crippen LogP contribution >= 0.6 is 0 Å². The number of rotatable bonds is 3. The van der Waals surface area contributed by atoms with Crippen LogP contribution in [0.5, 0.6) is 5.75 Å². The van der Waals surface area contributed by atoms with Gasteiger partial charge in [-0.15, -0.1) is 0 Å². The quantitative estimate of drug-likeness (QED) is 0.687. The third-order valence-corrected chi connectivity index (χ3v) is 6.89. The summed E-state index contributed by atoms with van der Waals surface area (Å²) in [6, 6.07) is 16.5. The fraction of sp³-hybridized carbons (Fsp3) is 0.520. The molecule has 2 aliphatic carbocycles. The predicted molar refractivity (Wildman–Crippen MR) is 110 cm³/mol. The van der Waals surface area contributed by atoms with Crippen LogP contribution in [0.15, 0.2) is 48.5 Å². The van der Waals surface area contributed by atoms with E-state index in [0.717, 1.165) is 42.2 Å². The Morgan fingerprint density at radius 3 is 2.41 bits per heavy atom. The van der Waals surface area contributed by atoms with Crippen molar-refractivity contribution >= 4 is 0 Å². The first-order valence-corrected chi connectivity index (χ1v) is 10.7. The molecular formula is C25H32O2. The Balaban J connectivity index is 1.33. The van der Waals surface area contributed by atoms with Crippen molar-refractivity contribution in [2.75, 3.05) is 0 Å². The van der Waals surface area contributed by atoms with E-state index in [-0.39, 0.29) is 6.10 Å². The fourth-order valence-corrected chi connectivity index (χ4v) is 5.42. The molecular weight excluding hydrogens is 332 g/mol. The summed E-state index contributed by atoms with van der Waals surface area (Å²) in [5.41, 5.74) is 3.67. The Hall–Kier alpha value is -1.80. The van der Waals surface area contributed by atoms with Crippen LogP contribution in [0, 0.1) is 11.8 Å². The van der Waals surface area contributed by atoms with Gasteiger partial charge in [0.1, 0.15) is 5.75 Å². The molecule has 2 N–H and O–H groups in total. The number of phenols is 1. The van der Waals surface area contributed by atoms with Crippen molar-refractivity contribution in [1.29, 1.82) is 0 Å². The zero-order valence-corrected chi connectivity index (χ0v) is 16.2. The maximum Gasteiger partial charge on any atom is 0.115 e. The zero-order valence-electron chi connectivity index (χ0n) is 16.2. The lowest BCUT2D eigenvalue weighted by atomic mass is 9.73. The second kappa shape index (κ2) is 8.48. The maximum atomic E-state index is 10.8. The van der Waals surface area contributed by atoms with E-state index in [1.807, 2.05) is 12.1 Å². The van der Waals surface area contributed by atoms with E-state index in [4.69, 9.17) is 0 Å². The van der Waals surface area contributed by atoms with Crippen molar-refractivity contribution in [2.45, 2.75) is 69.8 Å². The molecule has 144 valence electrons. The molecule has 0 radical (unpaired) electrons. The molecule has 2 nitrogen and oxygen atoms in total. The lowest BCUT2D eigenvalue weighted by Gasteiger charge is -2.33. The molecule has 2 heteroatoms. The SMILES string of the molecule is Oc1ccc2c(c1)CCCC(CC1CCC(c3ccccc3)CC1)CC2O. The first-order chi connectivity index (χ1) is 13.2. The highest BCUT2D eigenvalue weighted by Crippen LogP contribution is 2.41. The van der Waals surface area contributed by atoms with Crippen LogP contribution in [-0.4, -0.2) is 10.2 Å². The second-order valence-corrected chi connectivity index (χ2v) is 8.76. The van der Waals surface area contributed by atoms with E-state index in [2.05, 4.69) is 30.3 Å². The molecule has 2 aromatic rings. The van der Waals surface area contributed by atoms with E-state index in [1.54, 1.807) is 6.07 Å². The van der Waals surface area contributed by atoms with Gasteiger partial charge in [0.15, 0.2) is 0 Å². The Labute approximate surface area is 163 Å². The van der Waals surface area contributed by atoms with Crippen molar-refractivity contribution in [2.24, 2.45) is 11.8 Å². The van der Waals surface area contributed by atoms with Gasteiger partial charge in [-0.1, -0.05) is 42.8 Å². The molecule has 27 heavy (non-hydrogen) atoms. The van der Waals surface area contributed by atoms with Gasteiger partial charge in [-0.2, -0.15) is 0 Å². The van der Waals surface area contributed by atoms with Gasteiger partial charge >= 0.3 is 0 Å². The first kappa shape index (κ1) is 18.6. The molecule has 0 bridgehead atoms. The number of aliphatic hydroxyl groups excluding tert-OH is 1. The third-order valence-electron chi connectivity index (χ3n) is 6.89. The average molecular weight is 365 g/mol. The largest absolute Gasteiger partial charge is 0.508 e. The van der Waals surface area contributed by atoms with Gasteiger partial charge in [-0.3, -0.25) is 0 Å². The number of aromatic hydroxyl groups is 1. The highest BCUT2D eigenvalue weighted by molar-refractivity contribution is 5.36. The molecule has 0 aliphatic heterocycles. The lowest BCUT2D eigenvalue weighted by molar-refractivity contribution is 0.122. The molecule has 1 saturated carbocycles. The van der Waals surface area contributed by atoms with Gasteiger partial charge in [0, 0.05) is 0 Å². The van der Waals surface area contributed by atoms with Crippen LogP contribution in [0.1, 0.15) is 80.1 Å². The molecule has 2 aromatic carbocycles. The topological polar surface area (TPSA) is 40.5 Å². The predicted octanol–water partition coefficient (Wildman–Crippen LogP) is 6.13. The Morgan fingerprint density at radius 1 is 0.852 bits per heavy atom. The number of hydrogen-bond acceptors (Lipinski definition) is 2. The molecule has 0 amide bonds. The smallest absolute Gasteiger partial charge is 0.115 e. The summed E-state index contributed by atoms with van der Waals surface area (Å²) in [6.07, 6.45) is 10.4. The van der Waals surface area contributed by atoms with E-state index >= 15 is 0 Å². The van der Waals surface area contributed by atoms with Crippen molar-refractivity contribution < 1.29 is 10.2 Å². The van der Waals surface area contributed by atoms with Crippen LogP contribution in [0.3, 0.4) is 0 Å².